The Morgan fingerprint density at radius 1 is 1.25 bits per heavy atom. The van der Waals surface area contributed by atoms with E-state index < -0.39 is 6.03 Å². The molecule has 114 valence electrons. The topological polar surface area (TPSA) is 87.5 Å². The Labute approximate surface area is 120 Å². The SMILES string of the molecule is NC(=O)NCC1CCCN(C(=O)CC2CCCNC2)C1. The Balaban J connectivity index is 1.75. The summed E-state index contributed by atoms with van der Waals surface area (Å²) in [5, 5.41) is 6.00. The fraction of sp³-hybridized carbons (Fsp3) is 0.857. The molecule has 6 nitrogen and oxygen atoms in total. The summed E-state index contributed by atoms with van der Waals surface area (Å²) < 4.78 is 0. The lowest BCUT2D eigenvalue weighted by Crippen LogP contribution is -2.45. The lowest BCUT2D eigenvalue weighted by atomic mass is 9.93. The quantitative estimate of drug-likeness (QED) is 0.692. The van der Waals surface area contributed by atoms with Crippen LogP contribution in [0.5, 0.6) is 0 Å². The molecule has 3 amide bonds. The smallest absolute Gasteiger partial charge is 0.312 e. The Kier molecular flexibility index (Phi) is 5.64. The zero-order chi connectivity index (χ0) is 14.4. The molecule has 2 aliphatic rings. The number of rotatable bonds is 4. The number of nitrogens with zero attached hydrogens (tertiary/aromatic N) is 1. The maximum atomic E-state index is 12.3. The van der Waals surface area contributed by atoms with Gasteiger partial charge in [-0.05, 0) is 50.6 Å². The van der Waals surface area contributed by atoms with Gasteiger partial charge in [0.25, 0.3) is 0 Å². The third kappa shape index (κ3) is 4.67. The third-order valence-electron chi connectivity index (χ3n) is 4.30. The number of carbonyl (C=O) groups is 2. The van der Waals surface area contributed by atoms with Crippen LogP contribution in [0.4, 0.5) is 4.79 Å². The summed E-state index contributed by atoms with van der Waals surface area (Å²) in [4.78, 5) is 25.0. The third-order valence-corrected chi connectivity index (χ3v) is 4.30. The van der Waals surface area contributed by atoms with Crippen LogP contribution in [-0.2, 0) is 4.79 Å². The number of carbonyl (C=O) groups excluding carboxylic acids is 2. The van der Waals surface area contributed by atoms with Gasteiger partial charge in [0.2, 0.25) is 5.91 Å². The second-order valence-corrected chi connectivity index (χ2v) is 6.01. The first-order valence-electron chi connectivity index (χ1n) is 7.67. The maximum Gasteiger partial charge on any atom is 0.312 e. The molecule has 0 saturated carbocycles. The summed E-state index contributed by atoms with van der Waals surface area (Å²) in [6, 6.07) is -0.485. The lowest BCUT2D eigenvalue weighted by Gasteiger charge is -2.34. The molecule has 2 aliphatic heterocycles. The Hall–Kier alpha value is -1.30. The summed E-state index contributed by atoms with van der Waals surface area (Å²) in [6.45, 7) is 4.22. The molecule has 0 aromatic heterocycles. The van der Waals surface area contributed by atoms with Gasteiger partial charge >= 0.3 is 6.03 Å². The summed E-state index contributed by atoms with van der Waals surface area (Å²) in [7, 11) is 0. The van der Waals surface area contributed by atoms with E-state index in [0.29, 0.717) is 24.8 Å². The Morgan fingerprint density at radius 2 is 2.05 bits per heavy atom. The zero-order valence-electron chi connectivity index (χ0n) is 12.1. The van der Waals surface area contributed by atoms with E-state index in [2.05, 4.69) is 10.6 Å². The molecule has 2 fully saturated rings. The van der Waals surface area contributed by atoms with Crippen LogP contribution in [0, 0.1) is 11.8 Å². The number of primary amides is 1. The molecule has 2 saturated heterocycles. The fourth-order valence-electron chi connectivity index (χ4n) is 3.18. The van der Waals surface area contributed by atoms with Crippen molar-refractivity contribution in [2.75, 3.05) is 32.7 Å². The summed E-state index contributed by atoms with van der Waals surface area (Å²) in [5.41, 5.74) is 5.09. The largest absolute Gasteiger partial charge is 0.352 e. The van der Waals surface area contributed by atoms with Crippen molar-refractivity contribution in [3.63, 3.8) is 0 Å². The van der Waals surface area contributed by atoms with E-state index in [1.807, 2.05) is 4.90 Å². The summed E-state index contributed by atoms with van der Waals surface area (Å²) in [5.74, 6) is 1.09. The van der Waals surface area contributed by atoms with Crippen LogP contribution >= 0.6 is 0 Å². The van der Waals surface area contributed by atoms with Crippen molar-refractivity contribution in [1.29, 1.82) is 0 Å². The van der Waals surface area contributed by atoms with Crippen molar-refractivity contribution >= 4 is 11.9 Å². The molecule has 0 spiro atoms. The molecule has 2 heterocycles. The summed E-state index contributed by atoms with van der Waals surface area (Å²) >= 11 is 0. The molecule has 20 heavy (non-hydrogen) atoms. The minimum absolute atomic E-state index is 0.266. The molecule has 0 radical (unpaired) electrons. The van der Waals surface area contributed by atoms with E-state index >= 15 is 0 Å². The van der Waals surface area contributed by atoms with Crippen LogP contribution in [0.2, 0.25) is 0 Å². The van der Waals surface area contributed by atoms with Crippen molar-refractivity contribution < 1.29 is 9.59 Å². The number of nitrogens with two attached hydrogens (primary N) is 1. The predicted octanol–water partition coefficient (Wildman–Crippen LogP) is 0.283. The maximum absolute atomic E-state index is 12.3. The number of piperidine rings is 2. The van der Waals surface area contributed by atoms with Crippen molar-refractivity contribution in [3.05, 3.63) is 0 Å². The van der Waals surface area contributed by atoms with Gasteiger partial charge in [-0.1, -0.05) is 0 Å². The van der Waals surface area contributed by atoms with E-state index in [9.17, 15) is 9.59 Å². The van der Waals surface area contributed by atoms with Gasteiger partial charge < -0.3 is 21.3 Å². The van der Waals surface area contributed by atoms with Crippen molar-refractivity contribution in [2.45, 2.75) is 32.1 Å². The van der Waals surface area contributed by atoms with Gasteiger partial charge in [0.1, 0.15) is 0 Å². The molecular weight excluding hydrogens is 256 g/mol. The first kappa shape index (κ1) is 15.1. The van der Waals surface area contributed by atoms with Crippen LogP contribution in [-0.4, -0.2) is 49.6 Å². The number of likely N-dealkylation sites (tertiary alicyclic amines) is 1. The van der Waals surface area contributed by atoms with Gasteiger partial charge in [0, 0.05) is 26.1 Å². The number of hydrogen-bond acceptors (Lipinski definition) is 3. The van der Waals surface area contributed by atoms with E-state index in [-0.39, 0.29) is 5.91 Å². The fourth-order valence-corrected chi connectivity index (χ4v) is 3.18. The second kappa shape index (κ2) is 7.47. The first-order valence-corrected chi connectivity index (χ1v) is 7.67. The van der Waals surface area contributed by atoms with Crippen LogP contribution < -0.4 is 16.4 Å². The highest BCUT2D eigenvalue weighted by Gasteiger charge is 2.26. The van der Waals surface area contributed by atoms with Crippen LogP contribution in [0.15, 0.2) is 0 Å². The highest BCUT2D eigenvalue weighted by Crippen LogP contribution is 2.20. The molecule has 4 N–H and O–H groups in total. The molecule has 0 aromatic carbocycles. The standard InChI is InChI=1S/C14H26N4O2/c15-14(20)17-9-12-4-2-6-18(10-12)13(19)7-11-3-1-5-16-8-11/h11-12,16H,1-10H2,(H3,15,17,20). The van der Waals surface area contributed by atoms with Crippen molar-refractivity contribution in [2.24, 2.45) is 17.6 Å². The second-order valence-electron chi connectivity index (χ2n) is 6.01. The molecule has 0 aliphatic carbocycles. The van der Waals surface area contributed by atoms with Gasteiger partial charge in [-0.3, -0.25) is 4.79 Å². The molecule has 2 unspecified atom stereocenters. The van der Waals surface area contributed by atoms with Crippen molar-refractivity contribution in [1.82, 2.24) is 15.5 Å². The number of amides is 3. The minimum Gasteiger partial charge on any atom is -0.352 e. The van der Waals surface area contributed by atoms with Gasteiger partial charge in [0.15, 0.2) is 0 Å². The molecule has 2 rings (SSSR count). The zero-order valence-corrected chi connectivity index (χ0v) is 12.1. The highest BCUT2D eigenvalue weighted by molar-refractivity contribution is 5.76. The monoisotopic (exact) mass is 282 g/mol. The molecule has 0 aromatic rings. The van der Waals surface area contributed by atoms with Crippen LogP contribution in [0.3, 0.4) is 0 Å². The minimum atomic E-state index is -0.485. The number of hydrogen-bond donors (Lipinski definition) is 3. The number of nitrogens with one attached hydrogen (secondary N) is 2. The first-order chi connectivity index (χ1) is 9.65. The molecule has 2 atom stereocenters. The van der Waals surface area contributed by atoms with Gasteiger partial charge in [-0.15, -0.1) is 0 Å². The normalized spacial score (nSPS) is 27.1. The van der Waals surface area contributed by atoms with Gasteiger partial charge in [-0.25, -0.2) is 4.79 Å². The van der Waals surface area contributed by atoms with E-state index in [1.165, 1.54) is 6.42 Å². The van der Waals surface area contributed by atoms with E-state index in [1.54, 1.807) is 0 Å². The van der Waals surface area contributed by atoms with E-state index in [0.717, 1.165) is 45.4 Å². The van der Waals surface area contributed by atoms with Crippen LogP contribution in [0.25, 0.3) is 0 Å². The van der Waals surface area contributed by atoms with Gasteiger partial charge in [0.05, 0.1) is 0 Å². The van der Waals surface area contributed by atoms with Crippen LogP contribution in [0.1, 0.15) is 32.1 Å². The van der Waals surface area contributed by atoms with Gasteiger partial charge in [-0.2, -0.15) is 0 Å². The van der Waals surface area contributed by atoms with E-state index in [4.69, 9.17) is 5.73 Å². The predicted molar refractivity (Wildman–Crippen MR) is 77.1 cm³/mol. The average Bonchev–Trinajstić information content (AvgIpc) is 2.46. The Bertz CT molecular complexity index is 342. The molecular formula is C14H26N4O2. The Morgan fingerprint density at radius 3 is 2.75 bits per heavy atom. The molecule has 6 heteroatoms. The summed E-state index contributed by atoms with van der Waals surface area (Å²) in [6.07, 6.45) is 5.04. The lowest BCUT2D eigenvalue weighted by molar-refractivity contribution is -0.134. The number of urea groups is 1. The highest BCUT2D eigenvalue weighted by atomic mass is 16.2. The average molecular weight is 282 g/mol. The molecule has 0 bridgehead atoms. The van der Waals surface area contributed by atoms with Crippen molar-refractivity contribution in [3.8, 4) is 0 Å².